The Labute approximate surface area is 41.4 Å². The highest BCUT2D eigenvalue weighted by molar-refractivity contribution is 6.16. The lowest BCUT2D eigenvalue weighted by atomic mass is 10.2. The molecule has 31 valence electrons. The molecule has 0 rings (SSSR count). The van der Waals surface area contributed by atoms with Crippen LogP contribution in [0, 0.1) is 11.3 Å². The molecule has 0 N–H and O–H groups in total. The number of rotatable bonds is 0. The van der Waals surface area contributed by atoms with Crippen molar-refractivity contribution in [3.63, 3.8) is 0 Å². The maximum atomic E-state index is 8.10. The van der Waals surface area contributed by atoms with E-state index in [9.17, 15) is 0 Å². The van der Waals surface area contributed by atoms with E-state index in [0.29, 0.717) is 0 Å². The molecule has 0 fully saturated rings. The minimum atomic E-state index is -0.347. The molecular weight excluding hydrogens is 90.1 g/mol. The molecule has 0 spiro atoms. The molecule has 0 bridgehead atoms. The molecule has 0 aliphatic carbocycles. The standard InChI is InChI=1S/C4H6NSi/c1-4(2,6)3-5/h1-2H3. The fourth-order valence-electron chi connectivity index (χ4n) is 0. The molecule has 3 radical (unpaired) electrons. The van der Waals surface area contributed by atoms with Crippen molar-refractivity contribution >= 4 is 10.2 Å². The first kappa shape index (κ1) is 5.71. The van der Waals surface area contributed by atoms with Crippen molar-refractivity contribution < 1.29 is 0 Å². The van der Waals surface area contributed by atoms with Gasteiger partial charge in [0.25, 0.3) is 0 Å². The highest BCUT2D eigenvalue weighted by Crippen LogP contribution is 2.13. The van der Waals surface area contributed by atoms with Crippen LogP contribution in [-0.2, 0) is 0 Å². The van der Waals surface area contributed by atoms with E-state index in [2.05, 4.69) is 10.2 Å². The van der Waals surface area contributed by atoms with Crippen LogP contribution in [0.5, 0.6) is 0 Å². The Morgan fingerprint density at radius 3 is 1.83 bits per heavy atom. The van der Waals surface area contributed by atoms with Crippen LogP contribution in [-0.4, -0.2) is 10.2 Å². The lowest BCUT2D eigenvalue weighted by molar-refractivity contribution is 0.878. The molecule has 0 amide bonds. The predicted octanol–water partition coefficient (Wildman–Crippen LogP) is 0.877. The first-order chi connectivity index (χ1) is 2.56. The summed E-state index contributed by atoms with van der Waals surface area (Å²) in [6.45, 7) is 3.59. The molecular formula is C4H6NSi. The lowest BCUT2D eigenvalue weighted by Gasteiger charge is -2.00. The Hall–Kier alpha value is -0.293. The van der Waals surface area contributed by atoms with Gasteiger partial charge in [-0.15, -0.1) is 0 Å². The van der Waals surface area contributed by atoms with Gasteiger partial charge in [0.2, 0.25) is 0 Å². The molecule has 0 atom stereocenters. The Balaban J connectivity index is 3.55. The molecule has 6 heavy (non-hydrogen) atoms. The van der Waals surface area contributed by atoms with Gasteiger partial charge in [0.05, 0.1) is 16.3 Å². The molecule has 0 aliphatic heterocycles. The molecule has 0 saturated carbocycles. The molecule has 0 heterocycles. The third-order valence-corrected chi connectivity index (χ3v) is 0.391. The van der Waals surface area contributed by atoms with Crippen LogP contribution >= 0.6 is 0 Å². The van der Waals surface area contributed by atoms with Gasteiger partial charge in [-0.05, 0) is 0 Å². The van der Waals surface area contributed by atoms with E-state index < -0.39 is 0 Å². The summed E-state index contributed by atoms with van der Waals surface area (Å²) in [6, 6.07) is 2.02. The Morgan fingerprint density at radius 1 is 1.67 bits per heavy atom. The predicted molar refractivity (Wildman–Crippen MR) is 25.4 cm³/mol. The number of nitrogens with zero attached hydrogens (tertiary/aromatic N) is 1. The van der Waals surface area contributed by atoms with Gasteiger partial charge < -0.3 is 0 Å². The molecule has 2 heteroatoms. The maximum Gasteiger partial charge on any atom is 0.0642 e. The number of hydrogen-bond donors (Lipinski definition) is 0. The topological polar surface area (TPSA) is 23.8 Å². The zero-order valence-corrected chi connectivity index (χ0v) is 4.95. The van der Waals surface area contributed by atoms with E-state index in [0.717, 1.165) is 0 Å². The van der Waals surface area contributed by atoms with Gasteiger partial charge >= 0.3 is 0 Å². The van der Waals surface area contributed by atoms with Crippen LogP contribution < -0.4 is 0 Å². The highest BCUT2D eigenvalue weighted by atomic mass is 28.1. The lowest BCUT2D eigenvalue weighted by Crippen LogP contribution is -1.94. The van der Waals surface area contributed by atoms with Crippen LogP contribution in [0.25, 0.3) is 0 Å². The third-order valence-electron chi connectivity index (χ3n) is 0.280. The van der Waals surface area contributed by atoms with Gasteiger partial charge in [-0.1, -0.05) is 13.8 Å². The zero-order valence-electron chi connectivity index (χ0n) is 3.95. The Bertz CT molecular complexity index is 74.5. The third kappa shape index (κ3) is 3.71. The zero-order chi connectivity index (χ0) is 5.21. The SMILES string of the molecule is CC(C)([Si])C#N. The van der Waals surface area contributed by atoms with Gasteiger partial charge in [0, 0.05) is 5.04 Å². The first-order valence-corrected chi connectivity index (χ1v) is 2.22. The molecule has 0 aromatic heterocycles. The monoisotopic (exact) mass is 96.0 g/mol. The second-order valence-electron chi connectivity index (χ2n) is 1.74. The van der Waals surface area contributed by atoms with E-state index in [4.69, 9.17) is 5.26 Å². The fraction of sp³-hybridized carbons (Fsp3) is 0.750. The van der Waals surface area contributed by atoms with Crippen molar-refractivity contribution in [1.29, 1.82) is 5.26 Å². The van der Waals surface area contributed by atoms with Gasteiger partial charge in [-0.25, -0.2) is 0 Å². The summed E-state index contributed by atoms with van der Waals surface area (Å²) in [5.74, 6) is 0. The average molecular weight is 96.2 g/mol. The van der Waals surface area contributed by atoms with Gasteiger partial charge in [0.1, 0.15) is 0 Å². The molecule has 0 unspecified atom stereocenters. The summed E-state index contributed by atoms with van der Waals surface area (Å²) in [7, 11) is 3.16. The van der Waals surface area contributed by atoms with Crippen LogP contribution in [0.1, 0.15) is 13.8 Å². The second-order valence-corrected chi connectivity index (χ2v) is 2.99. The largest absolute Gasteiger partial charge is 0.198 e. The maximum absolute atomic E-state index is 8.10. The van der Waals surface area contributed by atoms with Crippen molar-refractivity contribution in [1.82, 2.24) is 0 Å². The second kappa shape index (κ2) is 1.44. The van der Waals surface area contributed by atoms with E-state index >= 15 is 0 Å². The quantitative estimate of drug-likeness (QED) is 0.411. The van der Waals surface area contributed by atoms with Gasteiger partial charge in [0.15, 0.2) is 0 Å². The fourth-order valence-corrected chi connectivity index (χ4v) is 0. The molecule has 0 aromatic rings. The molecule has 1 nitrogen and oxygen atoms in total. The van der Waals surface area contributed by atoms with Crippen molar-refractivity contribution in [2.75, 3.05) is 0 Å². The van der Waals surface area contributed by atoms with Crippen molar-refractivity contribution in [2.45, 2.75) is 18.9 Å². The van der Waals surface area contributed by atoms with Crippen LogP contribution in [0.2, 0.25) is 5.04 Å². The summed E-state index contributed by atoms with van der Waals surface area (Å²) in [4.78, 5) is 0. The van der Waals surface area contributed by atoms with E-state index in [-0.39, 0.29) is 5.04 Å². The van der Waals surface area contributed by atoms with Crippen molar-refractivity contribution in [3.05, 3.63) is 0 Å². The summed E-state index contributed by atoms with van der Waals surface area (Å²) in [5.41, 5.74) is 0. The Morgan fingerprint density at radius 2 is 1.83 bits per heavy atom. The van der Waals surface area contributed by atoms with Crippen molar-refractivity contribution in [3.8, 4) is 6.07 Å². The van der Waals surface area contributed by atoms with Crippen molar-refractivity contribution in [2.24, 2.45) is 0 Å². The van der Waals surface area contributed by atoms with E-state index in [1.54, 1.807) is 13.8 Å². The first-order valence-electron chi connectivity index (χ1n) is 1.72. The minimum Gasteiger partial charge on any atom is -0.198 e. The summed E-state index contributed by atoms with van der Waals surface area (Å²) in [5, 5.41) is 7.76. The smallest absolute Gasteiger partial charge is 0.0642 e. The average Bonchev–Trinajstić information content (AvgIpc) is 1.35. The van der Waals surface area contributed by atoms with Crippen LogP contribution in [0.15, 0.2) is 0 Å². The van der Waals surface area contributed by atoms with Gasteiger partial charge in [-0.3, -0.25) is 0 Å². The number of nitriles is 1. The number of hydrogen-bond acceptors (Lipinski definition) is 1. The summed E-state index contributed by atoms with van der Waals surface area (Å²) >= 11 is 0. The minimum absolute atomic E-state index is 0.347. The van der Waals surface area contributed by atoms with E-state index in [1.807, 2.05) is 6.07 Å². The molecule has 0 aromatic carbocycles. The molecule has 0 saturated heterocycles. The summed E-state index contributed by atoms with van der Waals surface area (Å²) < 4.78 is 0. The highest BCUT2D eigenvalue weighted by Gasteiger charge is 2.04. The van der Waals surface area contributed by atoms with Gasteiger partial charge in [-0.2, -0.15) is 5.26 Å². The normalized spacial score (nSPS) is 10.3. The van der Waals surface area contributed by atoms with E-state index in [1.165, 1.54) is 0 Å². The van der Waals surface area contributed by atoms with Crippen LogP contribution in [0.3, 0.4) is 0 Å². The summed E-state index contributed by atoms with van der Waals surface area (Å²) in [6.07, 6.45) is 0. The Kier molecular flexibility index (Phi) is 1.37. The van der Waals surface area contributed by atoms with Crippen LogP contribution in [0.4, 0.5) is 0 Å². The molecule has 0 aliphatic rings.